The van der Waals surface area contributed by atoms with Crippen molar-refractivity contribution in [3.05, 3.63) is 42.5 Å². The molecule has 0 saturated carbocycles. The summed E-state index contributed by atoms with van der Waals surface area (Å²) in [5, 5.41) is 5.08. The first-order valence-corrected chi connectivity index (χ1v) is 10.5. The molecule has 2 unspecified atom stereocenters. The van der Waals surface area contributed by atoms with Crippen molar-refractivity contribution in [2.75, 3.05) is 37.8 Å². The molecule has 2 saturated heterocycles. The third-order valence-corrected chi connectivity index (χ3v) is 5.65. The second-order valence-electron chi connectivity index (χ2n) is 7.76. The lowest BCUT2D eigenvalue weighted by Gasteiger charge is -2.19. The summed E-state index contributed by atoms with van der Waals surface area (Å²) in [5.41, 5.74) is 0.880. The fourth-order valence-corrected chi connectivity index (χ4v) is 4.08. The van der Waals surface area contributed by atoms with E-state index in [1.54, 1.807) is 4.90 Å². The maximum absolute atomic E-state index is 12.6. The molecule has 2 atom stereocenters. The lowest BCUT2D eigenvalue weighted by Crippen LogP contribution is -2.34. The fraction of sp³-hybridized carbons (Fsp3) is 0.478. The molecular formula is C23H28N2O4. The largest absolute Gasteiger partial charge is 0.379 e. The highest BCUT2D eigenvalue weighted by Gasteiger charge is 2.35. The van der Waals surface area contributed by atoms with E-state index in [0.717, 1.165) is 42.3 Å². The highest BCUT2D eigenvalue weighted by Crippen LogP contribution is 2.31. The van der Waals surface area contributed by atoms with Crippen molar-refractivity contribution >= 4 is 28.3 Å². The average Bonchev–Trinajstić information content (AvgIpc) is 3.39. The Kier molecular flexibility index (Phi) is 6.42. The molecule has 0 bridgehead atoms. The monoisotopic (exact) mass is 396 g/mol. The third kappa shape index (κ3) is 4.77. The molecule has 0 radical (unpaired) electrons. The SMILES string of the molecule is O=C(NCCCOCC1CCCO1)C1CC(=O)N(c2cccc3ccccc23)C1. The van der Waals surface area contributed by atoms with Crippen LogP contribution in [-0.2, 0) is 19.1 Å². The Hall–Kier alpha value is -2.44. The first-order chi connectivity index (χ1) is 14.2. The van der Waals surface area contributed by atoms with Crippen molar-refractivity contribution in [2.45, 2.75) is 31.8 Å². The molecule has 154 valence electrons. The molecule has 0 aliphatic carbocycles. The molecule has 2 aliphatic heterocycles. The number of rotatable bonds is 8. The minimum Gasteiger partial charge on any atom is -0.379 e. The molecule has 0 spiro atoms. The van der Waals surface area contributed by atoms with Crippen LogP contribution < -0.4 is 10.2 Å². The zero-order chi connectivity index (χ0) is 20.1. The quantitative estimate of drug-likeness (QED) is 0.697. The van der Waals surface area contributed by atoms with Gasteiger partial charge in [0.25, 0.3) is 0 Å². The molecule has 0 aromatic heterocycles. The van der Waals surface area contributed by atoms with E-state index >= 15 is 0 Å². The first kappa shape index (κ1) is 19.9. The summed E-state index contributed by atoms with van der Waals surface area (Å²) < 4.78 is 11.1. The third-order valence-electron chi connectivity index (χ3n) is 5.65. The van der Waals surface area contributed by atoms with E-state index in [1.165, 1.54) is 0 Å². The maximum Gasteiger partial charge on any atom is 0.227 e. The van der Waals surface area contributed by atoms with Gasteiger partial charge in [0.2, 0.25) is 11.8 Å². The predicted molar refractivity (Wildman–Crippen MR) is 112 cm³/mol. The topological polar surface area (TPSA) is 67.9 Å². The van der Waals surface area contributed by atoms with Gasteiger partial charge in [-0.25, -0.2) is 0 Å². The summed E-state index contributed by atoms with van der Waals surface area (Å²) in [5.74, 6) is -0.365. The number of nitrogens with one attached hydrogen (secondary N) is 1. The lowest BCUT2D eigenvalue weighted by molar-refractivity contribution is -0.126. The van der Waals surface area contributed by atoms with Gasteiger partial charge in [0, 0.05) is 38.1 Å². The number of hydrogen-bond acceptors (Lipinski definition) is 4. The Bertz CT molecular complexity index is 858. The van der Waals surface area contributed by atoms with E-state index in [4.69, 9.17) is 9.47 Å². The predicted octanol–water partition coefficient (Wildman–Crippen LogP) is 2.89. The van der Waals surface area contributed by atoms with Crippen molar-refractivity contribution in [3.63, 3.8) is 0 Å². The number of carbonyl (C=O) groups is 2. The first-order valence-electron chi connectivity index (χ1n) is 10.5. The van der Waals surface area contributed by atoms with Gasteiger partial charge < -0.3 is 19.7 Å². The van der Waals surface area contributed by atoms with Crippen LogP contribution in [0, 0.1) is 5.92 Å². The zero-order valence-electron chi connectivity index (χ0n) is 16.6. The molecule has 29 heavy (non-hydrogen) atoms. The van der Waals surface area contributed by atoms with E-state index in [1.807, 2.05) is 42.5 Å². The normalized spacial score (nSPS) is 21.8. The number of benzene rings is 2. The van der Waals surface area contributed by atoms with Gasteiger partial charge in [-0.2, -0.15) is 0 Å². The minimum absolute atomic E-state index is 0.00130. The molecule has 6 nitrogen and oxygen atoms in total. The van der Waals surface area contributed by atoms with Gasteiger partial charge in [0.15, 0.2) is 0 Å². The van der Waals surface area contributed by atoms with Crippen molar-refractivity contribution in [3.8, 4) is 0 Å². The maximum atomic E-state index is 12.6. The average molecular weight is 396 g/mol. The van der Waals surface area contributed by atoms with Crippen LogP contribution in [0.2, 0.25) is 0 Å². The Morgan fingerprint density at radius 3 is 2.93 bits per heavy atom. The molecule has 2 aromatic carbocycles. The summed E-state index contributed by atoms with van der Waals surface area (Å²) in [6.07, 6.45) is 3.42. The van der Waals surface area contributed by atoms with E-state index in [2.05, 4.69) is 5.32 Å². The molecule has 4 rings (SSSR count). The Balaban J connectivity index is 1.25. The zero-order valence-corrected chi connectivity index (χ0v) is 16.6. The van der Waals surface area contributed by atoms with Gasteiger partial charge in [0.05, 0.1) is 24.3 Å². The van der Waals surface area contributed by atoms with E-state index in [-0.39, 0.29) is 30.3 Å². The van der Waals surface area contributed by atoms with Crippen molar-refractivity contribution in [1.82, 2.24) is 5.32 Å². The fourth-order valence-electron chi connectivity index (χ4n) is 4.08. The Labute approximate surface area is 171 Å². The van der Waals surface area contributed by atoms with E-state index in [0.29, 0.717) is 26.3 Å². The number of ether oxygens (including phenoxy) is 2. The van der Waals surface area contributed by atoms with E-state index < -0.39 is 0 Å². The molecule has 2 aromatic rings. The van der Waals surface area contributed by atoms with Gasteiger partial charge in [-0.15, -0.1) is 0 Å². The van der Waals surface area contributed by atoms with Crippen LogP contribution in [0.1, 0.15) is 25.7 Å². The van der Waals surface area contributed by atoms with Gasteiger partial charge in [-0.3, -0.25) is 9.59 Å². The number of carbonyl (C=O) groups excluding carboxylic acids is 2. The molecule has 6 heteroatoms. The lowest BCUT2D eigenvalue weighted by atomic mass is 10.1. The number of nitrogens with zero attached hydrogens (tertiary/aromatic N) is 1. The molecular weight excluding hydrogens is 368 g/mol. The summed E-state index contributed by atoms with van der Waals surface area (Å²) in [4.78, 5) is 26.9. The highest BCUT2D eigenvalue weighted by molar-refractivity contribution is 6.06. The molecule has 2 fully saturated rings. The standard InChI is InChI=1S/C23H28N2O4/c26-22-14-18(23(27)24-11-5-12-28-16-19-8-4-13-29-19)15-25(22)21-10-3-7-17-6-1-2-9-20(17)21/h1-3,6-7,9-10,18-19H,4-5,8,11-16H2,(H,24,27). The van der Waals surface area contributed by atoms with Crippen LogP contribution in [-0.4, -0.2) is 50.8 Å². The van der Waals surface area contributed by atoms with Crippen LogP contribution in [0.25, 0.3) is 10.8 Å². The molecule has 2 amide bonds. The smallest absolute Gasteiger partial charge is 0.227 e. The number of anilines is 1. The van der Waals surface area contributed by atoms with Crippen LogP contribution in [0.3, 0.4) is 0 Å². The van der Waals surface area contributed by atoms with Crippen LogP contribution >= 0.6 is 0 Å². The van der Waals surface area contributed by atoms with Crippen molar-refractivity contribution < 1.29 is 19.1 Å². The second-order valence-corrected chi connectivity index (χ2v) is 7.76. The van der Waals surface area contributed by atoms with Gasteiger partial charge >= 0.3 is 0 Å². The minimum atomic E-state index is -0.311. The molecule has 2 aliphatic rings. The summed E-state index contributed by atoms with van der Waals surface area (Å²) >= 11 is 0. The molecule has 1 N–H and O–H groups in total. The summed E-state index contributed by atoms with van der Waals surface area (Å²) in [7, 11) is 0. The van der Waals surface area contributed by atoms with E-state index in [9.17, 15) is 9.59 Å². The Morgan fingerprint density at radius 2 is 2.07 bits per heavy atom. The van der Waals surface area contributed by atoms with Crippen molar-refractivity contribution in [2.24, 2.45) is 5.92 Å². The second kappa shape index (κ2) is 9.37. The van der Waals surface area contributed by atoms with Gasteiger partial charge in [0.1, 0.15) is 0 Å². The number of hydrogen-bond donors (Lipinski definition) is 1. The Morgan fingerprint density at radius 1 is 1.21 bits per heavy atom. The van der Waals surface area contributed by atoms with Crippen molar-refractivity contribution in [1.29, 1.82) is 0 Å². The van der Waals surface area contributed by atoms with Crippen LogP contribution in [0.4, 0.5) is 5.69 Å². The van der Waals surface area contributed by atoms with Gasteiger partial charge in [-0.1, -0.05) is 36.4 Å². The highest BCUT2D eigenvalue weighted by atomic mass is 16.5. The van der Waals surface area contributed by atoms with Crippen LogP contribution in [0.15, 0.2) is 42.5 Å². The number of fused-ring (bicyclic) bond motifs is 1. The summed E-state index contributed by atoms with van der Waals surface area (Å²) in [6.45, 7) is 3.05. The van der Waals surface area contributed by atoms with Crippen LogP contribution in [0.5, 0.6) is 0 Å². The molecule has 2 heterocycles. The van der Waals surface area contributed by atoms with Gasteiger partial charge in [-0.05, 0) is 30.7 Å². The summed E-state index contributed by atoms with van der Waals surface area (Å²) in [6, 6.07) is 13.9. The number of amides is 2.